The minimum absolute atomic E-state index is 0.0473. The molecule has 5 heteroatoms. The highest BCUT2D eigenvalue weighted by Crippen LogP contribution is 2.12. The number of unbranched alkanes of at least 4 members (excludes halogenated alkanes) is 1. The van der Waals surface area contributed by atoms with Crippen molar-refractivity contribution in [3.63, 3.8) is 0 Å². The number of aliphatic hydroxyl groups excluding tert-OH is 1. The number of carbonyl (C=O) groups is 2. The number of hydrogen-bond donors (Lipinski definition) is 1. The third kappa shape index (κ3) is 18.7. The number of rotatable bonds is 11. The number of carbonyl (C=O) groups excluding carboxylic acids is 2. The normalized spacial score (nSPS) is 10.1. The van der Waals surface area contributed by atoms with Crippen molar-refractivity contribution in [2.45, 2.75) is 46.5 Å². The van der Waals surface area contributed by atoms with Crippen molar-refractivity contribution in [2.75, 3.05) is 19.8 Å². The van der Waals surface area contributed by atoms with Crippen molar-refractivity contribution in [1.82, 2.24) is 0 Å². The largest absolute Gasteiger partial charge is 0.462 e. The van der Waals surface area contributed by atoms with Gasteiger partial charge in [-0.3, -0.25) is 0 Å². The summed E-state index contributed by atoms with van der Waals surface area (Å²) in [4.78, 5) is 21.2. The molecule has 0 amide bonds. The van der Waals surface area contributed by atoms with Gasteiger partial charge in [0, 0.05) is 11.6 Å². The minimum atomic E-state index is -0.455. The van der Waals surface area contributed by atoms with Crippen molar-refractivity contribution >= 4 is 18.0 Å². The molecule has 0 aliphatic heterocycles. The number of benzene rings is 1. The van der Waals surface area contributed by atoms with E-state index in [2.05, 4.69) is 38.3 Å². The maximum Gasteiger partial charge on any atom is 0.333 e. The van der Waals surface area contributed by atoms with Crippen LogP contribution in [0.5, 0.6) is 0 Å². The van der Waals surface area contributed by atoms with Crippen LogP contribution in [-0.4, -0.2) is 36.9 Å². The fourth-order valence-corrected chi connectivity index (χ4v) is 2.01. The summed E-state index contributed by atoms with van der Waals surface area (Å²) in [6, 6.07) is 10.0. The highest BCUT2D eigenvalue weighted by Gasteiger charge is 2.07. The zero-order chi connectivity index (χ0) is 23.2. The Balaban J connectivity index is 0. The van der Waals surface area contributed by atoms with E-state index in [1.165, 1.54) is 24.5 Å². The summed E-state index contributed by atoms with van der Waals surface area (Å²) in [6.45, 7) is 16.6. The zero-order valence-corrected chi connectivity index (χ0v) is 18.8. The van der Waals surface area contributed by atoms with Gasteiger partial charge in [0.15, 0.2) is 0 Å². The van der Waals surface area contributed by atoms with Crippen LogP contribution in [0.4, 0.5) is 0 Å². The highest BCUT2D eigenvalue weighted by atomic mass is 16.5. The molecule has 0 spiro atoms. The Bertz CT molecular complexity index is 607. The van der Waals surface area contributed by atoms with E-state index in [0.717, 1.165) is 12.8 Å². The first-order valence-electron chi connectivity index (χ1n) is 10.3. The molecule has 1 atom stereocenters. The van der Waals surface area contributed by atoms with E-state index in [4.69, 9.17) is 9.84 Å². The van der Waals surface area contributed by atoms with Gasteiger partial charge in [-0.2, -0.15) is 0 Å². The molecule has 0 bridgehead atoms. The van der Waals surface area contributed by atoms with Crippen LogP contribution in [0.1, 0.15) is 52.0 Å². The number of hydrogen-bond acceptors (Lipinski definition) is 5. The number of aliphatic hydroxyl groups is 1. The van der Waals surface area contributed by atoms with Gasteiger partial charge in [0.1, 0.15) is 6.61 Å². The molecule has 168 valence electrons. The van der Waals surface area contributed by atoms with Gasteiger partial charge in [0.25, 0.3) is 0 Å². The molecule has 1 unspecified atom stereocenters. The number of esters is 2. The molecule has 0 aliphatic carbocycles. The molecule has 1 aromatic rings. The predicted molar refractivity (Wildman–Crippen MR) is 124 cm³/mol. The first-order chi connectivity index (χ1) is 14.4. The molecule has 0 heterocycles. The molecule has 1 aromatic carbocycles. The SMILES string of the molecule is C=C(C)C(=O)OCCO.C=CC(=O)OCC(CC)CCCC.C=Cc1ccccc1. The fraction of sp³-hybridized carbons (Fsp3) is 0.440. The lowest BCUT2D eigenvalue weighted by Crippen LogP contribution is -2.12. The third-order valence-electron chi connectivity index (χ3n) is 3.88. The van der Waals surface area contributed by atoms with Crippen molar-refractivity contribution in [1.29, 1.82) is 0 Å². The van der Waals surface area contributed by atoms with E-state index in [-0.39, 0.29) is 19.2 Å². The average molecular weight is 419 g/mol. The van der Waals surface area contributed by atoms with Crippen LogP contribution in [0.3, 0.4) is 0 Å². The zero-order valence-electron chi connectivity index (χ0n) is 18.8. The monoisotopic (exact) mass is 418 g/mol. The number of ether oxygens (including phenoxy) is 2. The van der Waals surface area contributed by atoms with E-state index in [1.54, 1.807) is 6.92 Å². The standard InChI is InChI=1S/C11H20O2.C8H8.C6H10O3/c1-4-7-8-10(5-2)9-13-11(12)6-3;1-2-8-6-4-3-5-7-8;1-5(2)6(8)9-4-3-7/h6,10H,3-5,7-9H2,1-2H3;2-7H,1H2;7H,1,3-4H2,2H3. The van der Waals surface area contributed by atoms with Crippen LogP contribution in [0.15, 0.2) is 61.7 Å². The molecule has 1 rings (SSSR count). The van der Waals surface area contributed by atoms with Crippen molar-refractivity contribution < 1.29 is 24.2 Å². The average Bonchev–Trinajstić information content (AvgIpc) is 2.78. The fourth-order valence-electron chi connectivity index (χ4n) is 2.01. The van der Waals surface area contributed by atoms with E-state index in [0.29, 0.717) is 18.1 Å². The summed E-state index contributed by atoms with van der Waals surface area (Å²) in [5.74, 6) is -0.247. The molecule has 0 saturated heterocycles. The topological polar surface area (TPSA) is 72.8 Å². The molecule has 30 heavy (non-hydrogen) atoms. The van der Waals surface area contributed by atoms with Gasteiger partial charge in [0.05, 0.1) is 13.2 Å². The molecule has 5 nitrogen and oxygen atoms in total. The Labute approximate surface area is 182 Å². The Kier molecular flexibility index (Phi) is 20.7. The summed E-state index contributed by atoms with van der Waals surface area (Å²) in [6.07, 6.45) is 7.68. The van der Waals surface area contributed by atoms with Gasteiger partial charge in [-0.1, -0.05) is 89.3 Å². The van der Waals surface area contributed by atoms with Gasteiger partial charge >= 0.3 is 11.9 Å². The quantitative estimate of drug-likeness (QED) is 0.387. The molecular weight excluding hydrogens is 380 g/mol. The minimum Gasteiger partial charge on any atom is -0.462 e. The molecule has 0 saturated carbocycles. The van der Waals surface area contributed by atoms with Crippen LogP contribution in [0.25, 0.3) is 6.08 Å². The summed E-state index contributed by atoms with van der Waals surface area (Å²) in [7, 11) is 0. The molecule has 0 aromatic heterocycles. The second-order valence-corrected chi connectivity index (χ2v) is 6.51. The third-order valence-corrected chi connectivity index (χ3v) is 3.88. The van der Waals surface area contributed by atoms with Crippen LogP contribution in [0.2, 0.25) is 0 Å². The summed E-state index contributed by atoms with van der Waals surface area (Å²) in [5.41, 5.74) is 1.52. The second kappa shape index (κ2) is 21.1. The second-order valence-electron chi connectivity index (χ2n) is 6.51. The maximum atomic E-state index is 10.8. The van der Waals surface area contributed by atoms with E-state index in [9.17, 15) is 9.59 Å². The lowest BCUT2D eigenvalue weighted by atomic mass is 10.0. The molecule has 0 radical (unpaired) electrons. The first kappa shape index (κ1) is 29.5. The predicted octanol–water partition coefficient (Wildman–Crippen LogP) is 5.36. The van der Waals surface area contributed by atoms with Crippen LogP contribution in [0, 0.1) is 5.92 Å². The molecule has 0 aliphatic rings. The van der Waals surface area contributed by atoms with Crippen LogP contribution < -0.4 is 0 Å². The van der Waals surface area contributed by atoms with Gasteiger partial charge in [-0.05, 0) is 24.8 Å². The highest BCUT2D eigenvalue weighted by molar-refractivity contribution is 5.86. The summed E-state index contributed by atoms with van der Waals surface area (Å²) >= 11 is 0. The van der Waals surface area contributed by atoms with E-state index in [1.807, 2.05) is 36.4 Å². The Hall–Kier alpha value is -2.66. The van der Waals surface area contributed by atoms with E-state index < -0.39 is 5.97 Å². The van der Waals surface area contributed by atoms with E-state index >= 15 is 0 Å². The van der Waals surface area contributed by atoms with Crippen LogP contribution >= 0.6 is 0 Å². The van der Waals surface area contributed by atoms with Crippen molar-refractivity contribution in [3.05, 3.63) is 67.3 Å². The summed E-state index contributed by atoms with van der Waals surface area (Å²) < 4.78 is 9.45. The Morgan fingerprint density at radius 3 is 2.17 bits per heavy atom. The van der Waals surface area contributed by atoms with Crippen molar-refractivity contribution in [3.8, 4) is 0 Å². The van der Waals surface area contributed by atoms with Crippen LogP contribution in [-0.2, 0) is 19.1 Å². The van der Waals surface area contributed by atoms with Gasteiger partial charge in [-0.15, -0.1) is 0 Å². The lowest BCUT2D eigenvalue weighted by Gasteiger charge is -2.13. The molecule has 0 fully saturated rings. The lowest BCUT2D eigenvalue weighted by molar-refractivity contribution is -0.140. The Morgan fingerprint density at radius 1 is 1.13 bits per heavy atom. The van der Waals surface area contributed by atoms with Gasteiger partial charge < -0.3 is 14.6 Å². The first-order valence-corrected chi connectivity index (χ1v) is 10.3. The van der Waals surface area contributed by atoms with Gasteiger partial charge in [0.2, 0.25) is 0 Å². The Morgan fingerprint density at radius 2 is 1.77 bits per heavy atom. The summed E-state index contributed by atoms with van der Waals surface area (Å²) in [5, 5.41) is 8.19. The maximum absolute atomic E-state index is 10.8. The molecular formula is C25H38O5. The van der Waals surface area contributed by atoms with Crippen molar-refractivity contribution in [2.24, 2.45) is 5.92 Å². The molecule has 1 N–H and O–H groups in total. The smallest absolute Gasteiger partial charge is 0.333 e. The van der Waals surface area contributed by atoms with Gasteiger partial charge in [-0.25, -0.2) is 9.59 Å².